The van der Waals surface area contributed by atoms with Gasteiger partial charge >= 0.3 is 0 Å². The third-order valence-electron chi connectivity index (χ3n) is 5.15. The Morgan fingerprint density at radius 3 is 2.12 bits per heavy atom. The fourth-order valence-corrected chi connectivity index (χ4v) is 3.82. The molecule has 0 unspecified atom stereocenters. The number of carbonyl (C=O) groups excluding carboxylic acids is 4. The van der Waals surface area contributed by atoms with Crippen LogP contribution in [-0.4, -0.2) is 35.1 Å². The predicted octanol–water partition coefficient (Wildman–Crippen LogP) is 2.07. The maximum absolute atomic E-state index is 12.5. The lowest BCUT2D eigenvalue weighted by Gasteiger charge is -2.19. The van der Waals surface area contributed by atoms with Crippen LogP contribution in [0.1, 0.15) is 38.2 Å². The highest BCUT2D eigenvalue weighted by molar-refractivity contribution is 6.08. The van der Waals surface area contributed by atoms with E-state index >= 15 is 0 Å². The molecule has 26 heavy (non-hydrogen) atoms. The molecule has 1 aromatic rings. The van der Waals surface area contributed by atoms with Gasteiger partial charge in [0.15, 0.2) is 0 Å². The first-order chi connectivity index (χ1) is 12.4. The summed E-state index contributed by atoms with van der Waals surface area (Å²) in [6.07, 6.45) is 3.36. The van der Waals surface area contributed by atoms with Gasteiger partial charge in [-0.15, -0.1) is 0 Å². The minimum absolute atomic E-state index is 0.201. The number of fused-ring (bicyclic) bond motifs is 1. The zero-order valence-corrected chi connectivity index (χ0v) is 15.0. The number of nitrogens with one attached hydrogen (secondary N) is 2. The molecule has 2 N–H and O–H groups in total. The maximum Gasteiger partial charge on any atom is 0.244 e. The fourth-order valence-electron chi connectivity index (χ4n) is 3.82. The van der Waals surface area contributed by atoms with E-state index in [-0.39, 0.29) is 36.1 Å². The number of amides is 4. The van der Waals surface area contributed by atoms with Crippen molar-refractivity contribution in [3.63, 3.8) is 0 Å². The van der Waals surface area contributed by atoms with Crippen molar-refractivity contribution < 1.29 is 19.2 Å². The van der Waals surface area contributed by atoms with Gasteiger partial charge in [0.2, 0.25) is 23.6 Å². The van der Waals surface area contributed by atoms with E-state index in [2.05, 4.69) is 10.6 Å². The van der Waals surface area contributed by atoms with Crippen molar-refractivity contribution in [1.82, 2.24) is 4.90 Å². The molecule has 0 aromatic heterocycles. The number of anilines is 2. The Balaban J connectivity index is 1.69. The van der Waals surface area contributed by atoms with Crippen molar-refractivity contribution in [1.29, 1.82) is 0 Å². The Labute approximate surface area is 152 Å². The molecule has 0 bridgehead atoms. The highest BCUT2D eigenvalue weighted by Crippen LogP contribution is 2.37. The van der Waals surface area contributed by atoms with Crippen molar-refractivity contribution >= 4 is 35.0 Å². The van der Waals surface area contributed by atoms with Crippen LogP contribution in [-0.2, 0) is 19.2 Å². The van der Waals surface area contributed by atoms with Crippen molar-refractivity contribution in [3.05, 3.63) is 23.8 Å². The Bertz CT molecular complexity index is 750. The van der Waals surface area contributed by atoms with Crippen LogP contribution in [0.5, 0.6) is 0 Å². The van der Waals surface area contributed by atoms with Gasteiger partial charge in [-0.1, -0.05) is 18.9 Å². The van der Waals surface area contributed by atoms with Crippen LogP contribution in [0.15, 0.2) is 18.2 Å². The van der Waals surface area contributed by atoms with E-state index in [1.165, 1.54) is 6.92 Å². The molecule has 1 heterocycles. The highest BCUT2D eigenvalue weighted by atomic mass is 16.2. The summed E-state index contributed by atoms with van der Waals surface area (Å²) in [4.78, 5) is 49.7. The van der Waals surface area contributed by atoms with Crippen LogP contribution in [0.2, 0.25) is 0 Å². The van der Waals surface area contributed by atoms with E-state index in [0.717, 1.165) is 30.6 Å². The minimum atomic E-state index is -0.423. The topological polar surface area (TPSA) is 95.6 Å². The van der Waals surface area contributed by atoms with E-state index in [1.807, 2.05) is 0 Å². The standard InChI is InChI=1S/C19H23N3O4/c1-11-15(20-12(2)23)8-5-9-16(11)21-17(24)10-22-18(25)13-6-3-4-7-14(13)19(22)26/h5,8-9,13-14H,3-4,6-7,10H2,1-2H3,(H,20,23)(H,21,24)/t13-,14-/m1/s1. The van der Waals surface area contributed by atoms with Gasteiger partial charge in [-0.2, -0.15) is 0 Å². The number of nitrogens with zero attached hydrogens (tertiary/aromatic N) is 1. The fraction of sp³-hybridized carbons (Fsp3) is 0.474. The number of carbonyl (C=O) groups is 4. The first-order valence-electron chi connectivity index (χ1n) is 8.90. The summed E-state index contributed by atoms with van der Waals surface area (Å²) in [7, 11) is 0. The second kappa shape index (κ2) is 7.27. The van der Waals surface area contributed by atoms with Crippen LogP contribution in [0.3, 0.4) is 0 Å². The van der Waals surface area contributed by atoms with Gasteiger partial charge in [-0.3, -0.25) is 24.1 Å². The molecule has 1 aromatic carbocycles. The van der Waals surface area contributed by atoms with Crippen molar-refractivity contribution in [3.8, 4) is 0 Å². The molecule has 0 radical (unpaired) electrons. The third-order valence-corrected chi connectivity index (χ3v) is 5.15. The first kappa shape index (κ1) is 18.1. The van der Waals surface area contributed by atoms with Gasteiger partial charge in [0.25, 0.3) is 0 Å². The molecule has 1 saturated heterocycles. The summed E-state index contributed by atoms with van der Waals surface area (Å²) in [5.41, 5.74) is 1.86. The molecule has 2 fully saturated rings. The predicted molar refractivity (Wildman–Crippen MR) is 96.3 cm³/mol. The second-order valence-electron chi connectivity index (χ2n) is 6.97. The smallest absolute Gasteiger partial charge is 0.244 e. The maximum atomic E-state index is 12.5. The van der Waals surface area contributed by atoms with Crippen LogP contribution in [0, 0.1) is 18.8 Å². The normalized spacial score (nSPS) is 22.2. The monoisotopic (exact) mass is 357 g/mol. The molecule has 1 saturated carbocycles. The third kappa shape index (κ3) is 3.47. The molecule has 7 nitrogen and oxygen atoms in total. The van der Waals surface area contributed by atoms with Gasteiger partial charge in [-0.05, 0) is 37.5 Å². The molecule has 1 aliphatic heterocycles. The summed E-state index contributed by atoms with van der Waals surface area (Å²) in [6.45, 7) is 2.92. The summed E-state index contributed by atoms with van der Waals surface area (Å²) >= 11 is 0. The quantitative estimate of drug-likeness (QED) is 0.807. The van der Waals surface area contributed by atoms with E-state index < -0.39 is 5.91 Å². The second-order valence-corrected chi connectivity index (χ2v) is 6.97. The van der Waals surface area contributed by atoms with E-state index in [0.29, 0.717) is 16.9 Å². The Hall–Kier alpha value is -2.70. The average Bonchev–Trinajstić information content (AvgIpc) is 2.83. The van der Waals surface area contributed by atoms with Crippen LogP contribution in [0.4, 0.5) is 11.4 Å². The Morgan fingerprint density at radius 1 is 1.04 bits per heavy atom. The molecule has 4 amide bonds. The summed E-state index contributed by atoms with van der Waals surface area (Å²) in [5.74, 6) is -1.58. The molecule has 2 aliphatic rings. The van der Waals surface area contributed by atoms with Crippen molar-refractivity contribution in [2.45, 2.75) is 39.5 Å². The molecule has 1 aliphatic carbocycles. The van der Waals surface area contributed by atoms with E-state index in [1.54, 1.807) is 25.1 Å². The molecule has 0 spiro atoms. The lowest BCUT2D eigenvalue weighted by Crippen LogP contribution is -2.38. The molecule has 7 heteroatoms. The Morgan fingerprint density at radius 2 is 1.58 bits per heavy atom. The highest BCUT2D eigenvalue weighted by Gasteiger charge is 2.48. The van der Waals surface area contributed by atoms with Crippen molar-refractivity contribution in [2.24, 2.45) is 11.8 Å². The number of hydrogen-bond acceptors (Lipinski definition) is 4. The summed E-state index contributed by atoms with van der Waals surface area (Å²) in [6, 6.07) is 5.17. The number of benzene rings is 1. The van der Waals surface area contributed by atoms with Crippen LogP contribution in [0.25, 0.3) is 0 Å². The number of imide groups is 1. The van der Waals surface area contributed by atoms with Crippen molar-refractivity contribution in [2.75, 3.05) is 17.2 Å². The molecule has 138 valence electrons. The van der Waals surface area contributed by atoms with E-state index in [9.17, 15) is 19.2 Å². The molecule has 2 atom stereocenters. The number of hydrogen-bond donors (Lipinski definition) is 2. The minimum Gasteiger partial charge on any atom is -0.326 e. The molecule has 3 rings (SSSR count). The zero-order chi connectivity index (χ0) is 18.8. The SMILES string of the molecule is CC(=O)Nc1cccc(NC(=O)CN2C(=O)[C@@H]3CCCC[C@H]3C2=O)c1C. The first-order valence-corrected chi connectivity index (χ1v) is 8.90. The molecular formula is C19H23N3O4. The average molecular weight is 357 g/mol. The number of likely N-dealkylation sites (tertiary alicyclic amines) is 1. The largest absolute Gasteiger partial charge is 0.326 e. The van der Waals surface area contributed by atoms with E-state index in [4.69, 9.17) is 0 Å². The van der Waals surface area contributed by atoms with Gasteiger partial charge in [-0.25, -0.2) is 0 Å². The number of rotatable bonds is 4. The van der Waals surface area contributed by atoms with Gasteiger partial charge in [0.1, 0.15) is 6.54 Å². The summed E-state index contributed by atoms with van der Waals surface area (Å²) < 4.78 is 0. The Kier molecular flexibility index (Phi) is 5.06. The van der Waals surface area contributed by atoms with Gasteiger partial charge in [0, 0.05) is 18.3 Å². The van der Waals surface area contributed by atoms with Crippen LogP contribution < -0.4 is 10.6 Å². The lowest BCUT2D eigenvalue weighted by molar-refractivity contribution is -0.142. The summed E-state index contributed by atoms with van der Waals surface area (Å²) in [5, 5.41) is 5.44. The van der Waals surface area contributed by atoms with Gasteiger partial charge < -0.3 is 10.6 Å². The lowest BCUT2D eigenvalue weighted by atomic mass is 9.81. The van der Waals surface area contributed by atoms with Gasteiger partial charge in [0.05, 0.1) is 11.8 Å². The molecular weight excluding hydrogens is 334 g/mol. The zero-order valence-electron chi connectivity index (χ0n) is 15.0. The van der Waals surface area contributed by atoms with Crippen LogP contribution >= 0.6 is 0 Å².